The van der Waals surface area contributed by atoms with Gasteiger partial charge < -0.3 is 5.32 Å². The van der Waals surface area contributed by atoms with E-state index >= 15 is 0 Å². The van der Waals surface area contributed by atoms with E-state index in [-0.39, 0.29) is 0 Å². The fraction of sp³-hybridized carbons (Fsp3) is 0.250. The Bertz CT molecular complexity index is 602. The minimum atomic E-state index is -4.27. The van der Waals surface area contributed by atoms with E-state index in [0.717, 1.165) is 30.8 Å². The summed E-state index contributed by atoms with van der Waals surface area (Å²) in [5.41, 5.74) is 2.82. The van der Waals surface area contributed by atoms with Crippen LogP contribution in [0.1, 0.15) is 22.6 Å². The van der Waals surface area contributed by atoms with Crippen LogP contribution in [0.3, 0.4) is 0 Å². The Kier molecular flexibility index (Phi) is 3.16. The van der Waals surface area contributed by atoms with Crippen molar-refractivity contribution in [3.63, 3.8) is 0 Å². The molecular formula is C16H14F3N. The smallest absolute Gasteiger partial charge is 0.384 e. The van der Waals surface area contributed by atoms with Crippen LogP contribution in [-0.4, -0.2) is 6.54 Å². The van der Waals surface area contributed by atoms with E-state index in [1.165, 1.54) is 23.3 Å². The van der Waals surface area contributed by atoms with Gasteiger partial charge in [0.2, 0.25) is 0 Å². The van der Waals surface area contributed by atoms with Gasteiger partial charge in [0.1, 0.15) is 0 Å². The molecule has 0 saturated carbocycles. The zero-order chi connectivity index (χ0) is 14.2. The number of hydrogen-bond acceptors (Lipinski definition) is 1. The molecule has 0 saturated heterocycles. The van der Waals surface area contributed by atoms with Gasteiger partial charge in [-0.1, -0.05) is 24.3 Å². The maximum Gasteiger partial charge on any atom is 0.416 e. The van der Waals surface area contributed by atoms with Gasteiger partial charge >= 0.3 is 6.18 Å². The molecule has 104 valence electrons. The molecule has 1 nitrogen and oxygen atoms in total. The lowest BCUT2D eigenvalue weighted by molar-refractivity contribution is -0.137. The Hall–Kier alpha value is -1.97. The van der Waals surface area contributed by atoms with Crippen LogP contribution in [0, 0.1) is 0 Å². The van der Waals surface area contributed by atoms with Gasteiger partial charge in [0.15, 0.2) is 0 Å². The number of halogens is 3. The second-order valence-corrected chi connectivity index (χ2v) is 5.06. The molecule has 1 atom stereocenters. The first kappa shape index (κ1) is 13.0. The molecule has 2 aromatic rings. The second kappa shape index (κ2) is 4.85. The Labute approximate surface area is 115 Å². The van der Waals surface area contributed by atoms with Crippen molar-refractivity contribution >= 4 is 5.69 Å². The lowest BCUT2D eigenvalue weighted by atomic mass is 9.77. The van der Waals surface area contributed by atoms with Crippen LogP contribution in [0.25, 0.3) is 0 Å². The Morgan fingerprint density at radius 3 is 2.35 bits per heavy atom. The lowest BCUT2D eigenvalue weighted by Crippen LogP contribution is -2.24. The molecule has 0 aromatic heterocycles. The zero-order valence-electron chi connectivity index (χ0n) is 10.7. The van der Waals surface area contributed by atoms with E-state index in [4.69, 9.17) is 0 Å². The van der Waals surface area contributed by atoms with Crippen molar-refractivity contribution in [1.29, 1.82) is 0 Å². The van der Waals surface area contributed by atoms with Crippen molar-refractivity contribution in [3.05, 3.63) is 65.2 Å². The van der Waals surface area contributed by atoms with E-state index in [2.05, 4.69) is 17.4 Å². The summed E-state index contributed by atoms with van der Waals surface area (Å²) in [6.07, 6.45) is -3.24. The van der Waals surface area contributed by atoms with Crippen LogP contribution in [0.5, 0.6) is 0 Å². The largest absolute Gasteiger partial charge is 0.416 e. The molecule has 20 heavy (non-hydrogen) atoms. The van der Waals surface area contributed by atoms with Crippen LogP contribution >= 0.6 is 0 Å². The average Bonchev–Trinajstić information content (AvgIpc) is 2.39. The molecule has 0 fully saturated rings. The van der Waals surface area contributed by atoms with Gasteiger partial charge in [-0.15, -0.1) is 0 Å². The topological polar surface area (TPSA) is 12.0 Å². The summed E-state index contributed by atoms with van der Waals surface area (Å²) in [6, 6.07) is 13.4. The summed E-state index contributed by atoms with van der Waals surface area (Å²) in [5, 5.41) is 3.20. The summed E-state index contributed by atoms with van der Waals surface area (Å²) < 4.78 is 37.3. The molecule has 1 unspecified atom stereocenters. The third kappa shape index (κ3) is 2.50. The second-order valence-electron chi connectivity index (χ2n) is 5.06. The molecule has 1 aliphatic carbocycles. The molecule has 0 heterocycles. The van der Waals surface area contributed by atoms with Crippen molar-refractivity contribution in [1.82, 2.24) is 0 Å². The summed E-state index contributed by atoms with van der Waals surface area (Å²) in [5.74, 6) is 0.452. The number of benzene rings is 2. The van der Waals surface area contributed by atoms with E-state index in [1.54, 1.807) is 0 Å². The third-order valence-corrected chi connectivity index (χ3v) is 3.73. The van der Waals surface area contributed by atoms with Crippen LogP contribution < -0.4 is 5.32 Å². The van der Waals surface area contributed by atoms with Gasteiger partial charge in [0.05, 0.1) is 5.56 Å². The van der Waals surface area contributed by atoms with Crippen LogP contribution in [0.2, 0.25) is 0 Å². The summed E-state index contributed by atoms with van der Waals surface area (Å²) in [6.45, 7) is 0.752. The summed E-state index contributed by atoms with van der Waals surface area (Å²) in [4.78, 5) is 0. The molecule has 0 bridgehead atoms. The highest BCUT2D eigenvalue weighted by atomic mass is 19.4. The van der Waals surface area contributed by atoms with Gasteiger partial charge in [0.25, 0.3) is 0 Å². The van der Waals surface area contributed by atoms with E-state index in [1.807, 2.05) is 12.1 Å². The first-order chi connectivity index (χ1) is 9.54. The quantitative estimate of drug-likeness (QED) is 0.873. The molecule has 0 spiro atoms. The normalized spacial score (nSPS) is 17.2. The Balaban J connectivity index is 1.60. The predicted octanol–water partition coefficient (Wildman–Crippen LogP) is 4.46. The van der Waals surface area contributed by atoms with Crippen molar-refractivity contribution in [2.24, 2.45) is 0 Å². The molecule has 1 N–H and O–H groups in total. The van der Waals surface area contributed by atoms with E-state index in [0.29, 0.717) is 5.92 Å². The van der Waals surface area contributed by atoms with Gasteiger partial charge in [-0.05, 0) is 41.8 Å². The monoisotopic (exact) mass is 277 g/mol. The van der Waals surface area contributed by atoms with Crippen molar-refractivity contribution in [2.75, 3.05) is 11.9 Å². The lowest BCUT2D eigenvalue weighted by Gasteiger charge is -2.30. The highest BCUT2D eigenvalue weighted by Crippen LogP contribution is 2.35. The zero-order valence-corrected chi connectivity index (χ0v) is 10.7. The molecule has 2 aromatic carbocycles. The van der Waals surface area contributed by atoms with Crippen LogP contribution in [-0.2, 0) is 12.6 Å². The predicted molar refractivity (Wildman–Crippen MR) is 72.8 cm³/mol. The average molecular weight is 277 g/mol. The standard InChI is InChI=1S/C16H14F3N/c17-16(18,19)13-5-7-14(8-6-13)20-10-12-9-11-3-1-2-4-15(11)12/h1-8,12,20H,9-10H2. The first-order valence-corrected chi connectivity index (χ1v) is 6.53. The van der Waals surface area contributed by atoms with Crippen molar-refractivity contribution in [2.45, 2.75) is 18.5 Å². The molecular weight excluding hydrogens is 263 g/mol. The molecule has 4 heteroatoms. The van der Waals surface area contributed by atoms with Gasteiger partial charge in [-0.2, -0.15) is 13.2 Å². The van der Waals surface area contributed by atoms with Crippen molar-refractivity contribution < 1.29 is 13.2 Å². The molecule has 1 aliphatic rings. The van der Waals surface area contributed by atoms with Gasteiger partial charge in [-0.3, -0.25) is 0 Å². The number of anilines is 1. The number of hydrogen-bond donors (Lipinski definition) is 1. The molecule has 0 amide bonds. The maximum atomic E-state index is 12.4. The molecule has 0 radical (unpaired) electrons. The van der Waals surface area contributed by atoms with Gasteiger partial charge in [0, 0.05) is 18.2 Å². The highest BCUT2D eigenvalue weighted by Gasteiger charge is 2.30. The highest BCUT2D eigenvalue weighted by molar-refractivity contribution is 5.47. The molecule has 0 aliphatic heterocycles. The number of alkyl halides is 3. The Morgan fingerprint density at radius 2 is 1.70 bits per heavy atom. The first-order valence-electron chi connectivity index (χ1n) is 6.53. The van der Waals surface area contributed by atoms with Crippen LogP contribution in [0.15, 0.2) is 48.5 Å². The number of fused-ring (bicyclic) bond motifs is 1. The Morgan fingerprint density at radius 1 is 1.00 bits per heavy atom. The number of nitrogens with one attached hydrogen (secondary N) is 1. The van der Waals surface area contributed by atoms with Crippen LogP contribution in [0.4, 0.5) is 18.9 Å². The van der Waals surface area contributed by atoms with Gasteiger partial charge in [-0.25, -0.2) is 0 Å². The minimum absolute atomic E-state index is 0.452. The maximum absolute atomic E-state index is 12.4. The van der Waals surface area contributed by atoms with E-state index in [9.17, 15) is 13.2 Å². The SMILES string of the molecule is FC(F)(F)c1ccc(NCC2Cc3ccccc32)cc1. The fourth-order valence-electron chi connectivity index (χ4n) is 2.56. The third-order valence-electron chi connectivity index (χ3n) is 3.73. The fourth-order valence-corrected chi connectivity index (χ4v) is 2.56. The number of rotatable bonds is 3. The van der Waals surface area contributed by atoms with Crippen molar-refractivity contribution in [3.8, 4) is 0 Å². The summed E-state index contributed by atoms with van der Waals surface area (Å²) >= 11 is 0. The van der Waals surface area contributed by atoms with E-state index < -0.39 is 11.7 Å². The minimum Gasteiger partial charge on any atom is -0.384 e. The summed E-state index contributed by atoms with van der Waals surface area (Å²) in [7, 11) is 0. The molecule has 3 rings (SSSR count).